The third kappa shape index (κ3) is 2.99. The van der Waals surface area contributed by atoms with Crippen LogP contribution in [0, 0.1) is 5.82 Å². The van der Waals surface area contributed by atoms with Crippen LogP contribution < -0.4 is 0 Å². The molecule has 0 bridgehead atoms. The summed E-state index contributed by atoms with van der Waals surface area (Å²) >= 11 is 5.26. The molecule has 0 aliphatic carbocycles. The summed E-state index contributed by atoms with van der Waals surface area (Å²) < 4.78 is 14.5. The fourth-order valence-corrected chi connectivity index (χ4v) is 3.28. The van der Waals surface area contributed by atoms with Gasteiger partial charge in [-0.2, -0.15) is 11.8 Å². The second kappa shape index (κ2) is 5.52. The van der Waals surface area contributed by atoms with E-state index in [2.05, 4.69) is 27.8 Å². The highest BCUT2D eigenvalue weighted by molar-refractivity contribution is 9.10. The summed E-state index contributed by atoms with van der Waals surface area (Å²) in [5.74, 6) is 2.19. The van der Waals surface area contributed by atoms with E-state index >= 15 is 0 Å². The molecule has 1 aliphatic rings. The third-order valence-corrected chi connectivity index (χ3v) is 4.58. The highest BCUT2D eigenvalue weighted by Crippen LogP contribution is 2.21. The maximum Gasteiger partial charge on any atom is 0.128 e. The summed E-state index contributed by atoms with van der Waals surface area (Å²) in [6.45, 7) is 3.99. The first-order valence-corrected chi connectivity index (χ1v) is 7.37. The highest BCUT2D eigenvalue weighted by atomic mass is 79.9. The summed E-state index contributed by atoms with van der Waals surface area (Å²) in [5, 5.41) is 0. The molecule has 1 aromatic rings. The largest absolute Gasteiger partial charge is 0.295 e. The van der Waals surface area contributed by atoms with Crippen LogP contribution in [-0.4, -0.2) is 29.0 Å². The second-order valence-electron chi connectivity index (χ2n) is 4.13. The van der Waals surface area contributed by atoms with Crippen molar-refractivity contribution < 1.29 is 4.39 Å². The molecule has 1 aliphatic heterocycles. The zero-order chi connectivity index (χ0) is 11.5. The molecule has 0 spiro atoms. The van der Waals surface area contributed by atoms with Gasteiger partial charge in [-0.15, -0.1) is 0 Å². The van der Waals surface area contributed by atoms with Gasteiger partial charge in [0.1, 0.15) is 5.82 Å². The average Bonchev–Trinajstić information content (AvgIpc) is 2.25. The minimum Gasteiger partial charge on any atom is -0.295 e. The summed E-state index contributed by atoms with van der Waals surface area (Å²) in [6, 6.07) is 5.86. The fraction of sp³-hybridized carbons (Fsp3) is 0.500. The van der Waals surface area contributed by atoms with Gasteiger partial charge in [-0.05, 0) is 19.1 Å². The van der Waals surface area contributed by atoms with E-state index in [9.17, 15) is 4.39 Å². The van der Waals surface area contributed by atoms with Crippen LogP contribution in [0.15, 0.2) is 22.7 Å². The Labute approximate surface area is 109 Å². The van der Waals surface area contributed by atoms with E-state index in [1.54, 1.807) is 6.07 Å². The summed E-state index contributed by atoms with van der Waals surface area (Å²) in [5.41, 5.74) is 0.793. The Kier molecular flexibility index (Phi) is 4.27. The van der Waals surface area contributed by atoms with E-state index in [-0.39, 0.29) is 5.82 Å². The number of halogens is 2. The van der Waals surface area contributed by atoms with Crippen LogP contribution in [-0.2, 0) is 6.54 Å². The van der Waals surface area contributed by atoms with E-state index in [4.69, 9.17) is 0 Å². The van der Waals surface area contributed by atoms with Crippen molar-refractivity contribution in [1.29, 1.82) is 0 Å². The molecule has 16 heavy (non-hydrogen) atoms. The Morgan fingerprint density at radius 2 is 2.38 bits per heavy atom. The van der Waals surface area contributed by atoms with E-state index < -0.39 is 0 Å². The number of rotatable bonds is 2. The van der Waals surface area contributed by atoms with Gasteiger partial charge < -0.3 is 0 Å². The van der Waals surface area contributed by atoms with Crippen molar-refractivity contribution in [2.24, 2.45) is 0 Å². The lowest BCUT2D eigenvalue weighted by atomic mass is 10.1. The maximum atomic E-state index is 13.7. The molecule has 1 nitrogen and oxygen atoms in total. The van der Waals surface area contributed by atoms with Gasteiger partial charge in [-0.3, -0.25) is 4.90 Å². The quantitative estimate of drug-likeness (QED) is 0.822. The van der Waals surface area contributed by atoms with Gasteiger partial charge in [0.25, 0.3) is 0 Å². The lowest BCUT2D eigenvalue weighted by molar-refractivity contribution is 0.221. The monoisotopic (exact) mass is 303 g/mol. The average molecular weight is 304 g/mol. The lowest BCUT2D eigenvalue weighted by Crippen LogP contribution is -2.39. The molecule has 1 aromatic carbocycles. The zero-order valence-corrected chi connectivity index (χ0v) is 11.7. The molecule has 4 heteroatoms. The standard InChI is InChI=1S/C12H15BrFNS/c1-9-8-16-5-4-15(9)7-10-2-3-11(13)6-12(10)14/h2-3,6,9H,4-5,7-8H2,1H3. The molecular formula is C12H15BrFNS. The normalized spacial score (nSPS) is 22.3. The van der Waals surface area contributed by atoms with Crippen LogP contribution in [0.3, 0.4) is 0 Å². The minimum absolute atomic E-state index is 0.111. The van der Waals surface area contributed by atoms with Gasteiger partial charge in [0, 0.05) is 40.7 Å². The number of nitrogens with zero attached hydrogens (tertiary/aromatic N) is 1. The van der Waals surface area contributed by atoms with Gasteiger partial charge in [0.2, 0.25) is 0 Å². The topological polar surface area (TPSA) is 3.24 Å². The molecule has 0 amide bonds. The SMILES string of the molecule is CC1CSCCN1Cc1ccc(Br)cc1F. The van der Waals surface area contributed by atoms with E-state index in [1.807, 2.05) is 23.9 Å². The molecule has 2 rings (SSSR count). The van der Waals surface area contributed by atoms with Gasteiger partial charge in [-0.1, -0.05) is 22.0 Å². The molecular weight excluding hydrogens is 289 g/mol. The molecule has 0 N–H and O–H groups in total. The molecule has 1 heterocycles. The Balaban J connectivity index is 2.07. The van der Waals surface area contributed by atoms with Crippen LogP contribution in [0.25, 0.3) is 0 Å². The van der Waals surface area contributed by atoms with Crippen LogP contribution >= 0.6 is 27.7 Å². The number of benzene rings is 1. The first-order valence-electron chi connectivity index (χ1n) is 5.42. The molecule has 1 fully saturated rings. The molecule has 1 unspecified atom stereocenters. The molecule has 1 saturated heterocycles. The van der Waals surface area contributed by atoms with Gasteiger partial charge >= 0.3 is 0 Å². The van der Waals surface area contributed by atoms with Crippen molar-refractivity contribution in [2.45, 2.75) is 19.5 Å². The Morgan fingerprint density at radius 3 is 3.06 bits per heavy atom. The summed E-state index contributed by atoms with van der Waals surface area (Å²) in [7, 11) is 0. The maximum absolute atomic E-state index is 13.7. The van der Waals surface area contributed by atoms with Crippen LogP contribution in [0.4, 0.5) is 4.39 Å². The van der Waals surface area contributed by atoms with Gasteiger partial charge in [0.15, 0.2) is 0 Å². The lowest BCUT2D eigenvalue weighted by Gasteiger charge is -2.33. The predicted molar refractivity (Wildman–Crippen MR) is 71.3 cm³/mol. The third-order valence-electron chi connectivity index (χ3n) is 2.89. The zero-order valence-electron chi connectivity index (χ0n) is 9.25. The minimum atomic E-state index is -0.111. The molecule has 0 radical (unpaired) electrons. The van der Waals surface area contributed by atoms with Crippen molar-refractivity contribution in [2.75, 3.05) is 18.1 Å². The van der Waals surface area contributed by atoms with Crippen LogP contribution in [0.2, 0.25) is 0 Å². The highest BCUT2D eigenvalue weighted by Gasteiger charge is 2.19. The van der Waals surface area contributed by atoms with Gasteiger partial charge in [-0.25, -0.2) is 4.39 Å². The van der Waals surface area contributed by atoms with Crippen LogP contribution in [0.5, 0.6) is 0 Å². The summed E-state index contributed by atoms with van der Waals surface area (Å²) in [6.07, 6.45) is 0. The van der Waals surface area contributed by atoms with Gasteiger partial charge in [0.05, 0.1) is 0 Å². The Morgan fingerprint density at radius 1 is 1.56 bits per heavy atom. The molecule has 88 valence electrons. The first kappa shape index (κ1) is 12.4. The van der Waals surface area contributed by atoms with Crippen molar-refractivity contribution in [3.63, 3.8) is 0 Å². The predicted octanol–water partition coefficient (Wildman–Crippen LogP) is 3.53. The number of thioether (sulfide) groups is 1. The fourth-order valence-electron chi connectivity index (χ4n) is 1.87. The Hall–Kier alpha value is -0.0600. The van der Waals surface area contributed by atoms with E-state index in [1.165, 1.54) is 0 Å². The number of hydrogen-bond donors (Lipinski definition) is 0. The molecule has 0 aromatic heterocycles. The van der Waals surface area contributed by atoms with E-state index in [0.29, 0.717) is 6.04 Å². The molecule has 0 saturated carbocycles. The van der Waals surface area contributed by atoms with Crippen molar-refractivity contribution in [3.8, 4) is 0 Å². The number of hydrogen-bond acceptors (Lipinski definition) is 2. The van der Waals surface area contributed by atoms with Crippen molar-refractivity contribution >= 4 is 27.7 Å². The van der Waals surface area contributed by atoms with Crippen molar-refractivity contribution in [3.05, 3.63) is 34.1 Å². The summed E-state index contributed by atoms with van der Waals surface area (Å²) in [4.78, 5) is 2.35. The first-order chi connectivity index (χ1) is 7.66. The van der Waals surface area contributed by atoms with E-state index in [0.717, 1.165) is 34.6 Å². The Bertz CT molecular complexity index is 372. The smallest absolute Gasteiger partial charge is 0.128 e. The molecule has 1 atom stereocenters. The van der Waals surface area contributed by atoms with Crippen LogP contribution in [0.1, 0.15) is 12.5 Å². The van der Waals surface area contributed by atoms with Crippen molar-refractivity contribution in [1.82, 2.24) is 4.90 Å². The second-order valence-corrected chi connectivity index (χ2v) is 6.20.